The highest BCUT2D eigenvalue weighted by Crippen LogP contribution is 2.38. The van der Waals surface area contributed by atoms with E-state index in [1.165, 1.54) is 4.31 Å². The summed E-state index contributed by atoms with van der Waals surface area (Å²) in [5.74, 6) is 1.04. The third-order valence-electron chi connectivity index (χ3n) is 6.95. The first-order chi connectivity index (χ1) is 17.9. The number of nitrogens with one attached hydrogen (secondary N) is 1. The van der Waals surface area contributed by atoms with Gasteiger partial charge >= 0.3 is 0 Å². The number of amides is 1. The van der Waals surface area contributed by atoms with E-state index in [9.17, 15) is 13.2 Å². The number of fused-ring (bicyclic) bond motifs is 1. The monoisotopic (exact) mass is 536 g/mol. The Balaban J connectivity index is 1.64. The largest absolute Gasteiger partial charge is 0.496 e. The second kappa shape index (κ2) is 10.7. The standard InChI is InChI=1S/C30H36N2O5S/c1-18(2)24-16-25(21(5)15-28(24)36-7)22(6)31-30(33)29-17-32(26-14-20(4)10-13-27(26)37-29)38(34,35)23-11-8-19(3)9-12-23/h8-16,18,22,29H,17H2,1-7H3,(H,31,33). The van der Waals surface area contributed by atoms with Gasteiger partial charge in [-0.2, -0.15) is 0 Å². The minimum Gasteiger partial charge on any atom is -0.496 e. The van der Waals surface area contributed by atoms with Crippen LogP contribution in [0.15, 0.2) is 59.5 Å². The molecule has 0 spiro atoms. The molecule has 1 N–H and O–H groups in total. The molecule has 0 bridgehead atoms. The topological polar surface area (TPSA) is 84.9 Å². The maximum Gasteiger partial charge on any atom is 0.264 e. The second-order valence-corrected chi connectivity index (χ2v) is 12.1. The van der Waals surface area contributed by atoms with E-state index in [-0.39, 0.29) is 29.3 Å². The molecule has 0 aromatic heterocycles. The van der Waals surface area contributed by atoms with Crippen LogP contribution in [0, 0.1) is 20.8 Å². The molecule has 0 saturated carbocycles. The van der Waals surface area contributed by atoms with Crippen LogP contribution in [0.2, 0.25) is 0 Å². The summed E-state index contributed by atoms with van der Waals surface area (Å²) in [7, 11) is -2.27. The molecule has 3 aromatic carbocycles. The molecule has 0 fully saturated rings. The molecule has 8 heteroatoms. The summed E-state index contributed by atoms with van der Waals surface area (Å²) >= 11 is 0. The van der Waals surface area contributed by atoms with Gasteiger partial charge in [0.25, 0.3) is 15.9 Å². The van der Waals surface area contributed by atoms with Gasteiger partial charge in [-0.1, -0.05) is 37.6 Å². The smallest absolute Gasteiger partial charge is 0.264 e. The van der Waals surface area contributed by atoms with Crippen molar-refractivity contribution in [2.45, 2.75) is 64.5 Å². The van der Waals surface area contributed by atoms with E-state index in [0.717, 1.165) is 33.6 Å². The Morgan fingerprint density at radius 2 is 1.63 bits per heavy atom. The van der Waals surface area contributed by atoms with Gasteiger partial charge in [-0.3, -0.25) is 9.10 Å². The summed E-state index contributed by atoms with van der Waals surface area (Å²) in [6, 6.07) is 15.8. The number of nitrogens with zero attached hydrogens (tertiary/aromatic N) is 1. The lowest BCUT2D eigenvalue weighted by Gasteiger charge is -2.35. The summed E-state index contributed by atoms with van der Waals surface area (Å²) in [5, 5.41) is 3.05. The molecule has 2 unspecified atom stereocenters. The Labute approximate surface area is 225 Å². The van der Waals surface area contributed by atoms with Crippen molar-refractivity contribution in [3.8, 4) is 11.5 Å². The molecule has 1 aliphatic heterocycles. The van der Waals surface area contributed by atoms with Crippen molar-refractivity contribution >= 4 is 21.6 Å². The third kappa shape index (κ3) is 5.36. The molecule has 0 aliphatic carbocycles. The molecule has 0 radical (unpaired) electrons. The van der Waals surface area contributed by atoms with E-state index < -0.39 is 16.1 Å². The van der Waals surface area contributed by atoms with E-state index in [1.54, 1.807) is 43.5 Å². The van der Waals surface area contributed by atoms with Crippen LogP contribution in [0.1, 0.15) is 60.5 Å². The highest BCUT2D eigenvalue weighted by Gasteiger charge is 2.38. The molecular weight excluding hydrogens is 500 g/mol. The molecule has 3 aromatic rings. The summed E-state index contributed by atoms with van der Waals surface area (Å²) in [6.45, 7) is 11.7. The van der Waals surface area contributed by atoms with Gasteiger partial charge in [-0.25, -0.2) is 8.42 Å². The molecule has 2 atom stereocenters. The van der Waals surface area contributed by atoms with Crippen LogP contribution in [0.5, 0.6) is 11.5 Å². The van der Waals surface area contributed by atoms with Crippen molar-refractivity contribution in [1.82, 2.24) is 5.32 Å². The average molecular weight is 537 g/mol. The maximum absolute atomic E-state index is 13.7. The summed E-state index contributed by atoms with van der Waals surface area (Å²) in [4.78, 5) is 13.6. The summed E-state index contributed by atoms with van der Waals surface area (Å²) < 4.78 is 40.3. The first kappa shape index (κ1) is 27.5. The Morgan fingerprint density at radius 1 is 0.974 bits per heavy atom. The number of benzene rings is 3. The quantitative estimate of drug-likeness (QED) is 0.426. The van der Waals surface area contributed by atoms with E-state index in [2.05, 4.69) is 25.2 Å². The molecular formula is C30H36N2O5S. The van der Waals surface area contributed by atoms with E-state index in [4.69, 9.17) is 9.47 Å². The lowest BCUT2D eigenvalue weighted by molar-refractivity contribution is -0.128. The van der Waals surface area contributed by atoms with Crippen molar-refractivity contribution in [2.24, 2.45) is 0 Å². The Kier molecular flexibility index (Phi) is 7.74. The third-order valence-corrected chi connectivity index (χ3v) is 8.75. The van der Waals surface area contributed by atoms with Crippen molar-refractivity contribution < 1.29 is 22.7 Å². The van der Waals surface area contributed by atoms with Gasteiger partial charge in [-0.05, 0) is 92.3 Å². The number of ether oxygens (including phenoxy) is 2. The zero-order valence-electron chi connectivity index (χ0n) is 23.0. The van der Waals surface area contributed by atoms with Gasteiger partial charge in [0.15, 0.2) is 6.10 Å². The molecule has 7 nitrogen and oxygen atoms in total. The normalized spacial score (nSPS) is 16.0. The molecule has 38 heavy (non-hydrogen) atoms. The number of sulfonamides is 1. The van der Waals surface area contributed by atoms with Crippen LogP contribution in [0.25, 0.3) is 0 Å². The van der Waals surface area contributed by atoms with Gasteiger partial charge in [0.2, 0.25) is 0 Å². The van der Waals surface area contributed by atoms with Gasteiger partial charge < -0.3 is 14.8 Å². The van der Waals surface area contributed by atoms with Crippen molar-refractivity contribution in [3.05, 3.63) is 82.4 Å². The number of carbonyl (C=O) groups excluding carboxylic acids is 1. The first-order valence-corrected chi connectivity index (χ1v) is 14.2. The summed E-state index contributed by atoms with van der Waals surface area (Å²) in [6.07, 6.45) is -1.02. The molecule has 202 valence electrons. The van der Waals surface area contributed by atoms with Crippen LogP contribution in [0.3, 0.4) is 0 Å². The first-order valence-electron chi connectivity index (χ1n) is 12.8. The maximum atomic E-state index is 13.7. The number of carbonyl (C=O) groups is 1. The number of hydrogen-bond donors (Lipinski definition) is 1. The Bertz CT molecular complexity index is 1450. The fourth-order valence-electron chi connectivity index (χ4n) is 4.76. The predicted molar refractivity (Wildman–Crippen MR) is 150 cm³/mol. The highest BCUT2D eigenvalue weighted by atomic mass is 32.2. The van der Waals surface area contributed by atoms with Crippen LogP contribution in [0.4, 0.5) is 5.69 Å². The fourth-order valence-corrected chi connectivity index (χ4v) is 6.23. The Hall–Kier alpha value is -3.52. The van der Waals surface area contributed by atoms with Crippen molar-refractivity contribution in [3.63, 3.8) is 0 Å². The number of aryl methyl sites for hydroxylation is 3. The molecule has 1 heterocycles. The van der Waals surface area contributed by atoms with Gasteiger partial charge in [-0.15, -0.1) is 0 Å². The molecule has 1 aliphatic rings. The summed E-state index contributed by atoms with van der Waals surface area (Å²) in [5.41, 5.74) is 5.30. The minimum atomic E-state index is -3.93. The predicted octanol–water partition coefficient (Wildman–Crippen LogP) is 5.58. The number of methoxy groups -OCH3 is 1. The van der Waals surface area contributed by atoms with E-state index in [0.29, 0.717) is 11.4 Å². The number of rotatable bonds is 7. The van der Waals surface area contributed by atoms with E-state index in [1.807, 2.05) is 39.8 Å². The average Bonchev–Trinajstić information content (AvgIpc) is 2.87. The van der Waals surface area contributed by atoms with Gasteiger partial charge in [0.1, 0.15) is 11.5 Å². The Morgan fingerprint density at radius 3 is 2.26 bits per heavy atom. The second-order valence-electron chi connectivity index (χ2n) is 10.3. The molecule has 1 amide bonds. The molecule has 4 rings (SSSR count). The zero-order valence-corrected chi connectivity index (χ0v) is 23.8. The lowest BCUT2D eigenvalue weighted by atomic mass is 9.93. The van der Waals surface area contributed by atoms with Crippen molar-refractivity contribution in [2.75, 3.05) is 18.0 Å². The minimum absolute atomic E-state index is 0.135. The SMILES string of the molecule is COc1cc(C)c(C(C)NC(=O)C2CN(S(=O)(=O)c3ccc(C)cc3)c3cc(C)ccc3O2)cc1C(C)C. The highest BCUT2D eigenvalue weighted by molar-refractivity contribution is 7.92. The van der Waals surface area contributed by atoms with Crippen molar-refractivity contribution in [1.29, 1.82) is 0 Å². The van der Waals surface area contributed by atoms with Crippen LogP contribution in [-0.4, -0.2) is 34.1 Å². The van der Waals surface area contributed by atoms with Crippen LogP contribution < -0.4 is 19.1 Å². The van der Waals surface area contributed by atoms with Crippen LogP contribution >= 0.6 is 0 Å². The molecule has 0 saturated heterocycles. The van der Waals surface area contributed by atoms with Crippen LogP contribution in [-0.2, 0) is 14.8 Å². The van der Waals surface area contributed by atoms with E-state index >= 15 is 0 Å². The lowest BCUT2D eigenvalue weighted by Crippen LogP contribution is -2.51. The number of anilines is 1. The van der Waals surface area contributed by atoms with Gasteiger partial charge in [0, 0.05) is 0 Å². The fraction of sp³-hybridized carbons (Fsp3) is 0.367. The zero-order chi connectivity index (χ0) is 27.8. The van der Waals surface area contributed by atoms with Gasteiger partial charge in [0.05, 0.1) is 30.3 Å². The number of hydrogen-bond acceptors (Lipinski definition) is 5.